The highest BCUT2D eigenvalue weighted by Crippen LogP contribution is 2.33. The average Bonchev–Trinajstić information content (AvgIpc) is 2.82. The van der Waals surface area contributed by atoms with Gasteiger partial charge in [0.1, 0.15) is 5.82 Å². The Hall–Kier alpha value is -1.88. The fourth-order valence-electron chi connectivity index (χ4n) is 3.05. The second kappa shape index (κ2) is 5.25. The predicted molar refractivity (Wildman–Crippen MR) is 74.3 cm³/mol. The standard InChI is InChI=1S/C15H17FN2O2/c16-11-1-2-12-13(8-17-14(12)7-11)10-3-5-18(6-4-10)9-15(19)20/h1-2,7-8,10,17H,3-6,9H2,(H,19,20). The first-order valence-corrected chi connectivity index (χ1v) is 6.84. The molecule has 0 unspecified atom stereocenters. The van der Waals surface area contributed by atoms with E-state index >= 15 is 0 Å². The van der Waals surface area contributed by atoms with Gasteiger partial charge in [-0.2, -0.15) is 0 Å². The Labute approximate surface area is 116 Å². The largest absolute Gasteiger partial charge is 0.480 e. The molecule has 0 atom stereocenters. The molecule has 5 heteroatoms. The lowest BCUT2D eigenvalue weighted by Crippen LogP contribution is -2.36. The van der Waals surface area contributed by atoms with Crippen LogP contribution in [-0.2, 0) is 4.79 Å². The van der Waals surface area contributed by atoms with Crippen LogP contribution in [-0.4, -0.2) is 40.6 Å². The highest BCUT2D eigenvalue weighted by Gasteiger charge is 2.23. The molecule has 1 fully saturated rings. The second-order valence-electron chi connectivity index (χ2n) is 5.38. The number of aromatic nitrogens is 1. The highest BCUT2D eigenvalue weighted by molar-refractivity contribution is 5.83. The number of piperidine rings is 1. The van der Waals surface area contributed by atoms with Gasteiger partial charge in [-0.1, -0.05) is 0 Å². The Bertz CT molecular complexity index is 630. The Balaban J connectivity index is 1.75. The molecule has 106 valence electrons. The SMILES string of the molecule is O=C(O)CN1CCC(c2c[nH]c3cc(F)ccc23)CC1. The van der Waals surface area contributed by atoms with Crippen LogP contribution in [0.1, 0.15) is 24.3 Å². The Kier molecular flexibility index (Phi) is 3.44. The third kappa shape index (κ3) is 2.54. The number of carboxylic acid groups (broad SMARTS) is 1. The molecule has 1 saturated heterocycles. The molecule has 0 radical (unpaired) electrons. The zero-order chi connectivity index (χ0) is 14.1. The summed E-state index contributed by atoms with van der Waals surface area (Å²) in [5.41, 5.74) is 2.04. The predicted octanol–water partition coefficient (Wildman–Crippen LogP) is 2.57. The molecule has 2 heterocycles. The summed E-state index contributed by atoms with van der Waals surface area (Å²) in [5, 5.41) is 9.87. The summed E-state index contributed by atoms with van der Waals surface area (Å²) in [6.45, 7) is 1.71. The van der Waals surface area contributed by atoms with Crippen LogP contribution in [0.15, 0.2) is 24.4 Å². The number of hydrogen-bond donors (Lipinski definition) is 2. The maximum absolute atomic E-state index is 13.2. The number of benzene rings is 1. The molecular formula is C15H17FN2O2. The number of fused-ring (bicyclic) bond motifs is 1. The molecule has 3 rings (SSSR count). The molecule has 1 aliphatic rings. The highest BCUT2D eigenvalue weighted by atomic mass is 19.1. The van der Waals surface area contributed by atoms with Crippen LogP contribution in [0, 0.1) is 5.82 Å². The van der Waals surface area contributed by atoms with Gasteiger partial charge in [0.15, 0.2) is 0 Å². The number of likely N-dealkylation sites (tertiary alicyclic amines) is 1. The summed E-state index contributed by atoms with van der Waals surface area (Å²) in [5.74, 6) is -0.590. The van der Waals surface area contributed by atoms with Gasteiger partial charge in [-0.05, 0) is 55.6 Å². The van der Waals surface area contributed by atoms with Gasteiger partial charge in [0, 0.05) is 17.1 Å². The van der Waals surface area contributed by atoms with Crippen molar-refractivity contribution in [2.24, 2.45) is 0 Å². The van der Waals surface area contributed by atoms with Crippen molar-refractivity contribution in [1.82, 2.24) is 9.88 Å². The molecule has 4 nitrogen and oxygen atoms in total. The third-order valence-corrected chi connectivity index (χ3v) is 4.06. The van der Waals surface area contributed by atoms with Crippen molar-refractivity contribution in [2.45, 2.75) is 18.8 Å². The molecule has 0 spiro atoms. The van der Waals surface area contributed by atoms with Crippen LogP contribution >= 0.6 is 0 Å². The smallest absolute Gasteiger partial charge is 0.317 e. The monoisotopic (exact) mass is 276 g/mol. The molecule has 0 amide bonds. The van der Waals surface area contributed by atoms with Crippen molar-refractivity contribution in [3.63, 3.8) is 0 Å². The van der Waals surface area contributed by atoms with Gasteiger partial charge in [0.25, 0.3) is 0 Å². The maximum Gasteiger partial charge on any atom is 0.317 e. The first-order valence-electron chi connectivity index (χ1n) is 6.84. The van der Waals surface area contributed by atoms with Crippen molar-refractivity contribution in [1.29, 1.82) is 0 Å². The van der Waals surface area contributed by atoms with E-state index in [9.17, 15) is 9.18 Å². The van der Waals surface area contributed by atoms with Gasteiger partial charge in [0.05, 0.1) is 6.54 Å². The fourth-order valence-corrected chi connectivity index (χ4v) is 3.05. The van der Waals surface area contributed by atoms with Crippen LogP contribution in [0.25, 0.3) is 10.9 Å². The number of nitrogens with one attached hydrogen (secondary N) is 1. The number of aromatic amines is 1. The van der Waals surface area contributed by atoms with Crippen molar-refractivity contribution in [2.75, 3.05) is 19.6 Å². The van der Waals surface area contributed by atoms with Gasteiger partial charge < -0.3 is 10.1 Å². The summed E-state index contributed by atoms with van der Waals surface area (Å²) in [4.78, 5) is 15.8. The van der Waals surface area contributed by atoms with Crippen molar-refractivity contribution >= 4 is 16.9 Å². The zero-order valence-electron chi connectivity index (χ0n) is 11.1. The van der Waals surface area contributed by atoms with E-state index < -0.39 is 5.97 Å². The van der Waals surface area contributed by atoms with E-state index in [1.807, 2.05) is 17.2 Å². The lowest BCUT2D eigenvalue weighted by molar-refractivity contribution is -0.138. The minimum atomic E-state index is -0.772. The molecule has 2 aromatic rings. The first kappa shape index (κ1) is 13.1. The lowest BCUT2D eigenvalue weighted by atomic mass is 9.89. The van der Waals surface area contributed by atoms with Gasteiger partial charge in [-0.3, -0.25) is 9.69 Å². The maximum atomic E-state index is 13.2. The fraction of sp³-hybridized carbons (Fsp3) is 0.400. The number of halogens is 1. The number of hydrogen-bond acceptors (Lipinski definition) is 2. The number of carbonyl (C=O) groups is 1. The minimum absolute atomic E-state index is 0.117. The average molecular weight is 276 g/mol. The van der Waals surface area contributed by atoms with E-state index in [-0.39, 0.29) is 12.4 Å². The number of carboxylic acids is 1. The van der Waals surface area contributed by atoms with Crippen LogP contribution in [0.2, 0.25) is 0 Å². The van der Waals surface area contributed by atoms with Crippen LogP contribution < -0.4 is 0 Å². The third-order valence-electron chi connectivity index (χ3n) is 4.06. The summed E-state index contributed by atoms with van der Waals surface area (Å²) in [7, 11) is 0. The Morgan fingerprint density at radius 1 is 1.40 bits per heavy atom. The molecular weight excluding hydrogens is 259 g/mol. The summed E-state index contributed by atoms with van der Waals surface area (Å²) in [6, 6.07) is 4.82. The summed E-state index contributed by atoms with van der Waals surface area (Å²) in [6.07, 6.45) is 3.84. The summed E-state index contributed by atoms with van der Waals surface area (Å²) >= 11 is 0. The van der Waals surface area contributed by atoms with Crippen molar-refractivity contribution in [3.8, 4) is 0 Å². The number of H-pyrrole nitrogens is 1. The second-order valence-corrected chi connectivity index (χ2v) is 5.38. The van der Waals surface area contributed by atoms with E-state index in [1.54, 1.807) is 0 Å². The van der Waals surface area contributed by atoms with E-state index in [2.05, 4.69) is 4.98 Å². The first-order chi connectivity index (χ1) is 9.63. The molecule has 2 N–H and O–H groups in total. The zero-order valence-corrected chi connectivity index (χ0v) is 11.1. The van der Waals surface area contributed by atoms with Gasteiger partial charge in [0.2, 0.25) is 0 Å². The molecule has 0 saturated carbocycles. The summed E-state index contributed by atoms with van der Waals surface area (Å²) < 4.78 is 13.2. The number of aliphatic carboxylic acids is 1. The molecule has 1 aliphatic heterocycles. The van der Waals surface area contributed by atoms with Crippen LogP contribution in [0.3, 0.4) is 0 Å². The molecule has 0 bridgehead atoms. The van der Waals surface area contributed by atoms with Crippen molar-refractivity contribution < 1.29 is 14.3 Å². The molecule has 1 aromatic heterocycles. The van der Waals surface area contributed by atoms with Gasteiger partial charge in [-0.15, -0.1) is 0 Å². The number of nitrogens with zero attached hydrogens (tertiary/aromatic N) is 1. The lowest BCUT2D eigenvalue weighted by Gasteiger charge is -2.30. The number of rotatable bonds is 3. The van der Waals surface area contributed by atoms with E-state index in [0.29, 0.717) is 5.92 Å². The van der Waals surface area contributed by atoms with Crippen molar-refractivity contribution in [3.05, 3.63) is 35.8 Å². The molecule has 0 aliphatic carbocycles. The molecule has 1 aromatic carbocycles. The topological polar surface area (TPSA) is 56.3 Å². The van der Waals surface area contributed by atoms with E-state index in [0.717, 1.165) is 36.8 Å². The van der Waals surface area contributed by atoms with E-state index in [4.69, 9.17) is 5.11 Å². The normalized spacial score (nSPS) is 17.6. The van der Waals surface area contributed by atoms with Gasteiger partial charge in [-0.25, -0.2) is 4.39 Å². The minimum Gasteiger partial charge on any atom is -0.480 e. The molecule has 20 heavy (non-hydrogen) atoms. The van der Waals surface area contributed by atoms with Gasteiger partial charge >= 0.3 is 5.97 Å². The quantitative estimate of drug-likeness (QED) is 0.906. The Morgan fingerprint density at radius 2 is 2.15 bits per heavy atom. The van der Waals surface area contributed by atoms with E-state index in [1.165, 1.54) is 17.7 Å². The van der Waals surface area contributed by atoms with Crippen LogP contribution in [0.5, 0.6) is 0 Å². The van der Waals surface area contributed by atoms with Crippen LogP contribution in [0.4, 0.5) is 4.39 Å². The Morgan fingerprint density at radius 3 is 2.85 bits per heavy atom.